The quantitative estimate of drug-likeness (QED) is 0.924. The van der Waals surface area contributed by atoms with Crippen molar-refractivity contribution in [2.75, 3.05) is 26.7 Å². The van der Waals surface area contributed by atoms with Crippen molar-refractivity contribution in [3.05, 3.63) is 20.3 Å². The van der Waals surface area contributed by atoms with Crippen LogP contribution in [0.1, 0.15) is 28.1 Å². The van der Waals surface area contributed by atoms with E-state index in [0.717, 1.165) is 52.6 Å². The van der Waals surface area contributed by atoms with E-state index in [-0.39, 0.29) is 5.91 Å². The Bertz CT molecular complexity index is 405. The van der Waals surface area contributed by atoms with Crippen LogP contribution < -0.4 is 5.32 Å². The zero-order chi connectivity index (χ0) is 13.1. The molecule has 0 radical (unpaired) electrons. The number of hydrogen-bond donors (Lipinski definition) is 1. The summed E-state index contributed by atoms with van der Waals surface area (Å²) < 4.78 is 1.07. The van der Waals surface area contributed by atoms with Gasteiger partial charge in [0.1, 0.15) is 0 Å². The number of piperidine rings is 1. The van der Waals surface area contributed by atoms with Gasteiger partial charge in [-0.3, -0.25) is 4.79 Å². The van der Waals surface area contributed by atoms with E-state index in [1.54, 1.807) is 11.3 Å². The van der Waals surface area contributed by atoms with Crippen LogP contribution in [0, 0.1) is 12.8 Å². The molecule has 100 valence electrons. The van der Waals surface area contributed by atoms with E-state index >= 15 is 0 Å². The number of halogens is 1. The SMILES string of the molecule is CNCC1CCN(C(=O)c2cc(C)c(Br)s2)CC1. The molecular formula is C13H19BrN2OS. The first-order valence-corrected chi connectivity index (χ1v) is 7.92. The summed E-state index contributed by atoms with van der Waals surface area (Å²) in [5, 5.41) is 3.22. The maximum Gasteiger partial charge on any atom is 0.263 e. The van der Waals surface area contributed by atoms with Crippen molar-refractivity contribution in [2.24, 2.45) is 5.92 Å². The third kappa shape index (κ3) is 3.13. The standard InChI is InChI=1S/C13H19BrN2OS/c1-9-7-11(18-12(9)14)13(17)16-5-3-10(4-6-16)8-15-2/h7,10,15H,3-6,8H2,1-2H3. The molecule has 0 atom stereocenters. The molecule has 1 saturated heterocycles. The summed E-state index contributed by atoms with van der Waals surface area (Å²) >= 11 is 5.02. The summed E-state index contributed by atoms with van der Waals surface area (Å²) in [5.74, 6) is 0.910. The molecule has 3 nitrogen and oxygen atoms in total. The summed E-state index contributed by atoms with van der Waals surface area (Å²) in [6.07, 6.45) is 2.22. The van der Waals surface area contributed by atoms with Gasteiger partial charge < -0.3 is 10.2 Å². The van der Waals surface area contributed by atoms with Crippen LogP contribution in [0.4, 0.5) is 0 Å². The predicted molar refractivity (Wildman–Crippen MR) is 79.3 cm³/mol. The van der Waals surface area contributed by atoms with E-state index in [1.807, 2.05) is 24.9 Å². The number of aryl methyl sites for hydroxylation is 1. The van der Waals surface area contributed by atoms with Crippen molar-refractivity contribution >= 4 is 33.2 Å². The minimum absolute atomic E-state index is 0.191. The van der Waals surface area contributed by atoms with Gasteiger partial charge in [0.15, 0.2) is 0 Å². The molecule has 1 aromatic heterocycles. The molecule has 0 aromatic carbocycles. The number of rotatable bonds is 3. The van der Waals surface area contributed by atoms with Gasteiger partial charge in [-0.05, 0) is 66.8 Å². The summed E-state index contributed by atoms with van der Waals surface area (Å²) in [7, 11) is 1.99. The van der Waals surface area contributed by atoms with Crippen LogP contribution in [0.25, 0.3) is 0 Å². The number of amides is 1. The maximum atomic E-state index is 12.3. The van der Waals surface area contributed by atoms with Gasteiger partial charge in [-0.25, -0.2) is 0 Å². The smallest absolute Gasteiger partial charge is 0.263 e. The Balaban J connectivity index is 1.95. The van der Waals surface area contributed by atoms with Gasteiger partial charge in [0.2, 0.25) is 0 Å². The summed E-state index contributed by atoms with van der Waals surface area (Å²) in [4.78, 5) is 15.2. The molecule has 2 rings (SSSR count). The van der Waals surface area contributed by atoms with Crippen LogP contribution in [0.15, 0.2) is 9.85 Å². The highest BCUT2D eigenvalue weighted by atomic mass is 79.9. The van der Waals surface area contributed by atoms with E-state index < -0.39 is 0 Å². The topological polar surface area (TPSA) is 32.3 Å². The van der Waals surface area contributed by atoms with E-state index in [4.69, 9.17) is 0 Å². The number of thiophene rings is 1. The van der Waals surface area contributed by atoms with Crippen molar-refractivity contribution in [3.8, 4) is 0 Å². The van der Waals surface area contributed by atoms with Crippen molar-refractivity contribution in [1.29, 1.82) is 0 Å². The van der Waals surface area contributed by atoms with Crippen LogP contribution in [-0.4, -0.2) is 37.5 Å². The molecule has 0 spiro atoms. The number of nitrogens with zero attached hydrogens (tertiary/aromatic N) is 1. The van der Waals surface area contributed by atoms with Gasteiger partial charge in [-0.1, -0.05) is 0 Å². The van der Waals surface area contributed by atoms with Crippen LogP contribution in [0.5, 0.6) is 0 Å². The molecule has 18 heavy (non-hydrogen) atoms. The molecule has 5 heteroatoms. The number of carbonyl (C=O) groups is 1. The lowest BCUT2D eigenvalue weighted by Gasteiger charge is -2.31. The van der Waals surface area contributed by atoms with Gasteiger partial charge in [-0.2, -0.15) is 0 Å². The van der Waals surface area contributed by atoms with Gasteiger partial charge in [0, 0.05) is 13.1 Å². The molecule has 1 fully saturated rings. The molecule has 0 bridgehead atoms. The van der Waals surface area contributed by atoms with E-state index in [0.29, 0.717) is 0 Å². The molecule has 0 aliphatic carbocycles. The number of carbonyl (C=O) groups excluding carboxylic acids is 1. The Hall–Kier alpha value is -0.390. The van der Waals surface area contributed by atoms with Gasteiger partial charge >= 0.3 is 0 Å². The Morgan fingerprint density at radius 2 is 2.22 bits per heavy atom. The number of likely N-dealkylation sites (tertiary alicyclic amines) is 1. The van der Waals surface area contributed by atoms with Gasteiger partial charge in [0.25, 0.3) is 5.91 Å². The predicted octanol–water partition coefficient (Wildman–Crippen LogP) is 2.89. The summed E-state index contributed by atoms with van der Waals surface area (Å²) in [5.41, 5.74) is 1.15. The van der Waals surface area contributed by atoms with Crippen molar-refractivity contribution in [1.82, 2.24) is 10.2 Å². The fourth-order valence-corrected chi connectivity index (χ4v) is 3.85. The molecule has 1 amide bonds. The first kappa shape index (κ1) is 14.0. The molecule has 1 aliphatic rings. The molecule has 2 heterocycles. The van der Waals surface area contributed by atoms with E-state index in [2.05, 4.69) is 21.2 Å². The summed E-state index contributed by atoms with van der Waals surface area (Å²) in [6, 6.07) is 1.98. The Morgan fingerprint density at radius 3 is 2.72 bits per heavy atom. The minimum atomic E-state index is 0.191. The van der Waals surface area contributed by atoms with Gasteiger partial charge in [-0.15, -0.1) is 11.3 Å². The second kappa shape index (κ2) is 6.17. The number of hydrogen-bond acceptors (Lipinski definition) is 3. The van der Waals surface area contributed by atoms with E-state index in [9.17, 15) is 4.79 Å². The highest BCUT2D eigenvalue weighted by Gasteiger charge is 2.24. The van der Waals surface area contributed by atoms with Crippen molar-refractivity contribution < 1.29 is 4.79 Å². The van der Waals surface area contributed by atoms with Crippen LogP contribution >= 0.6 is 27.3 Å². The average molecular weight is 331 g/mol. The minimum Gasteiger partial charge on any atom is -0.338 e. The van der Waals surface area contributed by atoms with Crippen LogP contribution in [-0.2, 0) is 0 Å². The second-order valence-electron chi connectivity index (χ2n) is 4.86. The van der Waals surface area contributed by atoms with Crippen LogP contribution in [0.3, 0.4) is 0 Å². The fraction of sp³-hybridized carbons (Fsp3) is 0.615. The normalized spacial score (nSPS) is 17.2. The second-order valence-corrected chi connectivity index (χ2v) is 7.23. The average Bonchev–Trinajstić information content (AvgIpc) is 2.70. The first-order valence-electron chi connectivity index (χ1n) is 6.31. The molecule has 1 aliphatic heterocycles. The van der Waals surface area contributed by atoms with Crippen LogP contribution in [0.2, 0.25) is 0 Å². The molecule has 0 unspecified atom stereocenters. The van der Waals surface area contributed by atoms with Crippen molar-refractivity contribution in [2.45, 2.75) is 19.8 Å². The zero-order valence-corrected chi connectivity index (χ0v) is 13.2. The largest absolute Gasteiger partial charge is 0.338 e. The maximum absolute atomic E-state index is 12.3. The van der Waals surface area contributed by atoms with Crippen molar-refractivity contribution in [3.63, 3.8) is 0 Å². The zero-order valence-electron chi connectivity index (χ0n) is 10.8. The van der Waals surface area contributed by atoms with Gasteiger partial charge in [0.05, 0.1) is 8.66 Å². The lowest BCUT2D eigenvalue weighted by molar-refractivity contribution is 0.0696. The fourth-order valence-electron chi connectivity index (χ4n) is 2.35. The molecule has 1 aromatic rings. The molecular weight excluding hydrogens is 312 g/mol. The Labute approximate surface area is 121 Å². The summed E-state index contributed by atoms with van der Waals surface area (Å²) in [6.45, 7) is 4.86. The number of nitrogens with one attached hydrogen (secondary N) is 1. The highest BCUT2D eigenvalue weighted by molar-refractivity contribution is 9.11. The Kier molecular flexibility index (Phi) is 4.81. The van der Waals surface area contributed by atoms with E-state index in [1.165, 1.54) is 0 Å². The lowest BCUT2D eigenvalue weighted by atomic mass is 9.97. The monoisotopic (exact) mass is 330 g/mol. The molecule has 1 N–H and O–H groups in total. The third-order valence-electron chi connectivity index (χ3n) is 3.46. The third-order valence-corrected chi connectivity index (χ3v) is 5.59. The Morgan fingerprint density at radius 1 is 1.56 bits per heavy atom. The molecule has 0 saturated carbocycles. The first-order chi connectivity index (χ1) is 8.61. The lowest BCUT2D eigenvalue weighted by Crippen LogP contribution is -2.40. The highest BCUT2D eigenvalue weighted by Crippen LogP contribution is 2.29.